The van der Waals surface area contributed by atoms with E-state index in [9.17, 15) is 4.79 Å². The molecule has 0 spiro atoms. The van der Waals surface area contributed by atoms with Gasteiger partial charge >= 0.3 is 5.97 Å². The summed E-state index contributed by atoms with van der Waals surface area (Å²) in [4.78, 5) is 15.2. The molecule has 1 heterocycles. The minimum atomic E-state index is -1.22. The number of aliphatic carboxylic acids is 1. The SMILES string of the molecule is N#C/C(=C\c1ccc(-c2ccc(N(c3ccc4ccccc4c3)c3ccc4ccccc4c3)cc2)s1)C(=O)O. The van der Waals surface area contributed by atoms with Crippen LogP contribution in [0.25, 0.3) is 38.1 Å². The molecule has 0 bridgehead atoms. The Hall–Kier alpha value is -5.18. The minimum absolute atomic E-state index is 0.278. The fourth-order valence-electron chi connectivity index (χ4n) is 4.72. The molecule has 1 N–H and O–H groups in total. The molecule has 0 amide bonds. The highest BCUT2D eigenvalue weighted by molar-refractivity contribution is 7.16. The number of hydrogen-bond donors (Lipinski definition) is 1. The summed E-state index contributed by atoms with van der Waals surface area (Å²) in [5, 5.41) is 23.0. The number of thiophene rings is 1. The van der Waals surface area contributed by atoms with Crippen LogP contribution in [-0.4, -0.2) is 11.1 Å². The van der Waals surface area contributed by atoms with Crippen molar-refractivity contribution in [3.63, 3.8) is 0 Å². The maximum Gasteiger partial charge on any atom is 0.346 e. The van der Waals surface area contributed by atoms with Crippen LogP contribution in [-0.2, 0) is 4.79 Å². The Morgan fingerprint density at radius 1 is 0.692 bits per heavy atom. The van der Waals surface area contributed by atoms with E-state index in [0.717, 1.165) is 32.4 Å². The van der Waals surface area contributed by atoms with Gasteiger partial charge in [-0.2, -0.15) is 5.26 Å². The first kappa shape index (κ1) is 24.2. The quantitative estimate of drug-likeness (QED) is 0.175. The van der Waals surface area contributed by atoms with Crippen LogP contribution in [0.2, 0.25) is 0 Å². The molecule has 6 rings (SSSR count). The zero-order chi connectivity index (χ0) is 26.8. The van der Waals surface area contributed by atoms with Gasteiger partial charge in [0.05, 0.1) is 0 Å². The maximum atomic E-state index is 11.2. The molecule has 1 aromatic heterocycles. The topological polar surface area (TPSA) is 64.3 Å². The number of rotatable bonds is 6. The van der Waals surface area contributed by atoms with Crippen LogP contribution in [0.5, 0.6) is 0 Å². The van der Waals surface area contributed by atoms with Crippen LogP contribution in [0.4, 0.5) is 17.1 Å². The number of nitrogens with zero attached hydrogens (tertiary/aromatic N) is 2. The summed E-state index contributed by atoms with van der Waals surface area (Å²) in [7, 11) is 0. The van der Waals surface area contributed by atoms with Gasteiger partial charge in [-0.3, -0.25) is 0 Å². The van der Waals surface area contributed by atoms with Gasteiger partial charge in [0, 0.05) is 26.8 Å². The molecule has 0 fully saturated rings. The van der Waals surface area contributed by atoms with Gasteiger partial charge in [0.15, 0.2) is 0 Å². The predicted molar refractivity (Wildman–Crippen MR) is 161 cm³/mol. The molecule has 0 saturated heterocycles. The molecule has 6 aromatic rings. The van der Waals surface area contributed by atoms with Gasteiger partial charge < -0.3 is 10.0 Å². The van der Waals surface area contributed by atoms with Crippen molar-refractivity contribution in [3.8, 4) is 16.5 Å². The third kappa shape index (κ3) is 4.89. The Kier molecular flexibility index (Phi) is 6.38. The molecule has 4 nitrogen and oxygen atoms in total. The monoisotopic (exact) mass is 522 g/mol. The van der Waals surface area contributed by atoms with Crippen molar-refractivity contribution >= 4 is 62.0 Å². The Morgan fingerprint density at radius 2 is 1.23 bits per heavy atom. The van der Waals surface area contributed by atoms with Crippen molar-refractivity contribution in [2.24, 2.45) is 0 Å². The smallest absolute Gasteiger partial charge is 0.346 e. The molecule has 0 aliphatic heterocycles. The lowest BCUT2D eigenvalue weighted by molar-refractivity contribution is -0.132. The molecule has 0 saturated carbocycles. The second-order valence-electron chi connectivity index (χ2n) is 9.12. The molecule has 39 heavy (non-hydrogen) atoms. The number of nitriles is 1. The fraction of sp³-hybridized carbons (Fsp3) is 0. The summed E-state index contributed by atoms with van der Waals surface area (Å²) < 4.78 is 0. The third-order valence-corrected chi connectivity index (χ3v) is 7.74. The van der Waals surface area contributed by atoms with Gasteiger partial charge in [-0.25, -0.2) is 4.79 Å². The van der Waals surface area contributed by atoms with E-state index in [2.05, 4.69) is 114 Å². The molecular formula is C34H22N2O2S. The summed E-state index contributed by atoms with van der Waals surface area (Å²) in [6.07, 6.45) is 1.41. The molecular weight excluding hydrogens is 500 g/mol. The first-order valence-corrected chi connectivity index (χ1v) is 13.2. The second kappa shape index (κ2) is 10.3. The average molecular weight is 523 g/mol. The van der Waals surface area contributed by atoms with Crippen molar-refractivity contribution < 1.29 is 9.90 Å². The number of benzene rings is 5. The summed E-state index contributed by atoms with van der Waals surface area (Å²) in [6, 6.07) is 43.6. The first-order chi connectivity index (χ1) is 19.1. The number of hydrogen-bond acceptors (Lipinski definition) is 4. The molecule has 0 unspecified atom stereocenters. The third-order valence-electron chi connectivity index (χ3n) is 6.66. The van der Waals surface area contributed by atoms with E-state index in [1.54, 1.807) is 6.07 Å². The highest BCUT2D eigenvalue weighted by Gasteiger charge is 2.15. The fourth-order valence-corrected chi connectivity index (χ4v) is 5.68. The van der Waals surface area contributed by atoms with Gasteiger partial charge in [-0.05, 0) is 81.7 Å². The van der Waals surface area contributed by atoms with Gasteiger partial charge in [-0.15, -0.1) is 11.3 Å². The average Bonchev–Trinajstić information content (AvgIpc) is 3.45. The summed E-state index contributed by atoms with van der Waals surface area (Å²) >= 11 is 1.45. The molecule has 0 atom stereocenters. The van der Waals surface area contributed by atoms with Crippen LogP contribution < -0.4 is 4.90 Å². The number of carbonyl (C=O) groups is 1. The van der Waals surface area contributed by atoms with Gasteiger partial charge in [-0.1, -0.05) is 72.8 Å². The molecule has 0 radical (unpaired) electrons. The van der Waals surface area contributed by atoms with E-state index in [0.29, 0.717) is 0 Å². The number of carboxylic acids is 1. The van der Waals surface area contributed by atoms with Crippen molar-refractivity contribution in [2.75, 3.05) is 4.90 Å². The molecule has 0 aliphatic carbocycles. The molecule has 0 aliphatic rings. The normalized spacial score (nSPS) is 11.4. The maximum absolute atomic E-state index is 11.2. The Labute approximate surface area is 229 Å². The Bertz CT molecular complexity index is 1830. The molecule has 186 valence electrons. The van der Waals surface area contributed by atoms with Gasteiger partial charge in [0.25, 0.3) is 0 Å². The van der Waals surface area contributed by atoms with Gasteiger partial charge in [0.1, 0.15) is 11.6 Å². The molecule has 5 heteroatoms. The second-order valence-corrected chi connectivity index (χ2v) is 10.2. The van der Waals surface area contributed by atoms with E-state index in [1.807, 2.05) is 12.1 Å². The van der Waals surface area contributed by atoms with Crippen molar-refractivity contribution in [2.45, 2.75) is 0 Å². The van der Waals surface area contributed by atoms with Crippen LogP contribution in [0, 0.1) is 11.3 Å². The van der Waals surface area contributed by atoms with E-state index in [4.69, 9.17) is 10.4 Å². The number of carboxylic acid groups (broad SMARTS) is 1. The van der Waals surface area contributed by atoms with Crippen molar-refractivity contribution in [3.05, 3.63) is 132 Å². The van der Waals surface area contributed by atoms with Gasteiger partial charge in [0.2, 0.25) is 0 Å². The number of anilines is 3. The highest BCUT2D eigenvalue weighted by Crippen LogP contribution is 2.39. The first-order valence-electron chi connectivity index (χ1n) is 12.4. The Morgan fingerprint density at radius 3 is 1.77 bits per heavy atom. The largest absolute Gasteiger partial charge is 0.477 e. The zero-order valence-electron chi connectivity index (χ0n) is 20.8. The van der Waals surface area contributed by atoms with Crippen molar-refractivity contribution in [1.82, 2.24) is 0 Å². The highest BCUT2D eigenvalue weighted by atomic mass is 32.1. The van der Waals surface area contributed by atoms with Crippen molar-refractivity contribution in [1.29, 1.82) is 5.26 Å². The summed E-state index contributed by atoms with van der Waals surface area (Å²) in [5.41, 5.74) is 3.91. The van der Waals surface area contributed by atoms with Crippen LogP contribution in [0.3, 0.4) is 0 Å². The molecule has 5 aromatic carbocycles. The van der Waals surface area contributed by atoms with E-state index in [-0.39, 0.29) is 5.57 Å². The predicted octanol–water partition coefficient (Wildman–Crippen LogP) is 9.18. The van der Waals surface area contributed by atoms with Crippen LogP contribution in [0.1, 0.15) is 4.88 Å². The standard InChI is InChI=1S/C34H22N2O2S/c35-22-28(34(37)38)21-32-17-18-33(39-32)25-11-13-29(14-12-25)36(30-15-9-23-5-1-3-7-26(23)19-30)31-16-10-24-6-2-4-8-27(24)20-31/h1-21H,(H,37,38)/b28-21+. The van der Waals surface area contributed by atoms with E-state index < -0.39 is 5.97 Å². The lowest BCUT2D eigenvalue weighted by atomic mass is 10.1. The minimum Gasteiger partial charge on any atom is -0.477 e. The summed E-state index contributed by atoms with van der Waals surface area (Å²) in [5.74, 6) is -1.22. The van der Waals surface area contributed by atoms with Crippen LogP contribution in [0.15, 0.2) is 127 Å². The zero-order valence-corrected chi connectivity index (χ0v) is 21.6. The Balaban J connectivity index is 1.41. The lowest BCUT2D eigenvalue weighted by Gasteiger charge is -2.26. The summed E-state index contributed by atoms with van der Waals surface area (Å²) in [6.45, 7) is 0. The van der Waals surface area contributed by atoms with E-state index >= 15 is 0 Å². The van der Waals surface area contributed by atoms with Crippen LogP contribution >= 0.6 is 11.3 Å². The number of fused-ring (bicyclic) bond motifs is 2. The lowest BCUT2D eigenvalue weighted by Crippen LogP contribution is -2.09. The van der Waals surface area contributed by atoms with E-state index in [1.165, 1.54) is 39.0 Å².